The maximum Gasteiger partial charge on any atom is 0.155 e. The first kappa shape index (κ1) is 11.5. The summed E-state index contributed by atoms with van der Waals surface area (Å²) in [5.74, 6) is 0.126. The molecule has 0 saturated heterocycles. The number of carbonyl (C=O) groups is 1. The molecule has 0 saturated carbocycles. The molecule has 0 aliphatic carbocycles. The summed E-state index contributed by atoms with van der Waals surface area (Å²) in [7, 11) is 0. The summed E-state index contributed by atoms with van der Waals surface area (Å²) in [6, 6.07) is 10.1. The van der Waals surface area contributed by atoms with E-state index in [9.17, 15) is 4.79 Å². The van der Waals surface area contributed by atoms with Gasteiger partial charge in [-0.1, -0.05) is 24.3 Å². The standard InChI is InChI=1S/C15H15NO/c1-3-13(11(2)17)8-12-9-14-6-4-5-7-15(14)16-10-12/h3-7,9-10H,8H2,1-2H3/b13-3+. The maximum atomic E-state index is 11.4. The summed E-state index contributed by atoms with van der Waals surface area (Å²) in [5.41, 5.74) is 2.90. The molecular weight excluding hydrogens is 210 g/mol. The van der Waals surface area contributed by atoms with E-state index in [-0.39, 0.29) is 5.78 Å². The minimum Gasteiger partial charge on any atom is -0.295 e. The lowest BCUT2D eigenvalue weighted by Gasteiger charge is -2.04. The van der Waals surface area contributed by atoms with Gasteiger partial charge in [-0.2, -0.15) is 0 Å². The minimum atomic E-state index is 0.126. The average Bonchev–Trinajstić information content (AvgIpc) is 2.35. The number of aromatic nitrogens is 1. The van der Waals surface area contributed by atoms with Gasteiger partial charge in [-0.3, -0.25) is 9.78 Å². The van der Waals surface area contributed by atoms with Gasteiger partial charge in [0.2, 0.25) is 0 Å². The Hall–Kier alpha value is -1.96. The Kier molecular flexibility index (Phi) is 3.33. The number of carbonyl (C=O) groups excluding carboxylic acids is 1. The summed E-state index contributed by atoms with van der Waals surface area (Å²) < 4.78 is 0. The first-order valence-electron chi connectivity index (χ1n) is 5.70. The van der Waals surface area contributed by atoms with Crippen LogP contribution in [0.5, 0.6) is 0 Å². The minimum absolute atomic E-state index is 0.126. The maximum absolute atomic E-state index is 11.4. The molecule has 0 amide bonds. The van der Waals surface area contributed by atoms with Crippen molar-refractivity contribution in [2.24, 2.45) is 0 Å². The van der Waals surface area contributed by atoms with E-state index >= 15 is 0 Å². The zero-order valence-corrected chi connectivity index (χ0v) is 10.1. The number of benzene rings is 1. The van der Waals surface area contributed by atoms with Crippen LogP contribution in [0.4, 0.5) is 0 Å². The van der Waals surface area contributed by atoms with Gasteiger partial charge in [-0.25, -0.2) is 0 Å². The predicted octanol–water partition coefficient (Wildman–Crippen LogP) is 3.31. The van der Waals surface area contributed by atoms with Gasteiger partial charge in [0.05, 0.1) is 5.52 Å². The zero-order valence-electron chi connectivity index (χ0n) is 10.1. The summed E-state index contributed by atoms with van der Waals surface area (Å²) >= 11 is 0. The molecule has 86 valence electrons. The molecule has 2 heteroatoms. The number of para-hydroxylation sites is 1. The number of fused-ring (bicyclic) bond motifs is 1. The lowest BCUT2D eigenvalue weighted by molar-refractivity contribution is -0.113. The molecule has 0 bridgehead atoms. The van der Waals surface area contributed by atoms with Crippen LogP contribution in [0.25, 0.3) is 10.9 Å². The molecule has 1 heterocycles. The quantitative estimate of drug-likeness (QED) is 0.750. The normalized spacial score (nSPS) is 11.8. The van der Waals surface area contributed by atoms with Crippen LogP contribution < -0.4 is 0 Å². The van der Waals surface area contributed by atoms with E-state index in [2.05, 4.69) is 11.1 Å². The van der Waals surface area contributed by atoms with Crippen molar-refractivity contribution in [3.8, 4) is 0 Å². The van der Waals surface area contributed by atoms with Gasteiger partial charge < -0.3 is 0 Å². The molecule has 17 heavy (non-hydrogen) atoms. The van der Waals surface area contributed by atoms with Gasteiger partial charge in [0, 0.05) is 18.0 Å². The van der Waals surface area contributed by atoms with Crippen LogP contribution in [0.15, 0.2) is 48.2 Å². The number of pyridine rings is 1. The molecule has 0 spiro atoms. The second kappa shape index (κ2) is 4.91. The third-order valence-corrected chi connectivity index (χ3v) is 2.84. The highest BCUT2D eigenvalue weighted by atomic mass is 16.1. The molecule has 0 radical (unpaired) electrons. The molecule has 0 N–H and O–H groups in total. The summed E-state index contributed by atoms with van der Waals surface area (Å²) in [5, 5.41) is 1.11. The fourth-order valence-electron chi connectivity index (χ4n) is 1.86. The van der Waals surface area contributed by atoms with Crippen LogP contribution in [-0.4, -0.2) is 10.8 Å². The van der Waals surface area contributed by atoms with Crippen molar-refractivity contribution in [3.05, 3.63) is 53.7 Å². The van der Waals surface area contributed by atoms with Gasteiger partial charge in [-0.15, -0.1) is 0 Å². The highest BCUT2D eigenvalue weighted by Crippen LogP contribution is 2.15. The fourth-order valence-corrected chi connectivity index (χ4v) is 1.86. The Morgan fingerprint density at radius 2 is 2.12 bits per heavy atom. The molecule has 2 aromatic rings. The molecule has 0 aliphatic heterocycles. The van der Waals surface area contributed by atoms with Crippen LogP contribution in [0.1, 0.15) is 19.4 Å². The lowest BCUT2D eigenvalue weighted by Crippen LogP contribution is -2.00. The lowest BCUT2D eigenvalue weighted by atomic mass is 10.0. The van der Waals surface area contributed by atoms with E-state index in [1.54, 1.807) is 6.92 Å². The number of nitrogens with zero attached hydrogens (tertiary/aromatic N) is 1. The van der Waals surface area contributed by atoms with E-state index in [1.807, 2.05) is 43.5 Å². The number of hydrogen-bond acceptors (Lipinski definition) is 2. The topological polar surface area (TPSA) is 30.0 Å². The molecular formula is C15H15NO. The summed E-state index contributed by atoms with van der Waals surface area (Å²) in [6.07, 6.45) is 4.37. The van der Waals surface area contributed by atoms with Gasteiger partial charge in [0.1, 0.15) is 0 Å². The van der Waals surface area contributed by atoms with Crippen molar-refractivity contribution in [2.75, 3.05) is 0 Å². The van der Waals surface area contributed by atoms with Gasteiger partial charge in [0.15, 0.2) is 5.78 Å². The third-order valence-electron chi connectivity index (χ3n) is 2.84. The summed E-state index contributed by atoms with van der Waals surface area (Å²) in [4.78, 5) is 15.7. The Balaban J connectivity index is 2.34. The van der Waals surface area contributed by atoms with Gasteiger partial charge >= 0.3 is 0 Å². The van der Waals surface area contributed by atoms with Crippen molar-refractivity contribution >= 4 is 16.7 Å². The zero-order chi connectivity index (χ0) is 12.3. The van der Waals surface area contributed by atoms with Crippen LogP contribution in [-0.2, 0) is 11.2 Å². The predicted molar refractivity (Wildman–Crippen MR) is 69.9 cm³/mol. The monoisotopic (exact) mass is 225 g/mol. The van der Waals surface area contributed by atoms with E-state index in [0.717, 1.165) is 22.0 Å². The largest absolute Gasteiger partial charge is 0.295 e. The number of hydrogen-bond donors (Lipinski definition) is 0. The first-order chi connectivity index (χ1) is 8.20. The molecule has 2 rings (SSSR count). The van der Waals surface area contributed by atoms with Crippen molar-refractivity contribution in [3.63, 3.8) is 0 Å². The number of ketones is 1. The van der Waals surface area contributed by atoms with Gasteiger partial charge in [0.25, 0.3) is 0 Å². The van der Waals surface area contributed by atoms with Crippen LogP contribution in [0.3, 0.4) is 0 Å². The third kappa shape index (κ3) is 2.59. The second-order valence-electron chi connectivity index (χ2n) is 4.08. The Morgan fingerprint density at radius 1 is 1.35 bits per heavy atom. The number of Topliss-reactive ketones (excluding diaryl/α,β-unsaturated/α-hetero) is 1. The SMILES string of the molecule is C/C=C(\Cc1cnc2ccccc2c1)C(C)=O. The van der Waals surface area contributed by atoms with E-state index in [4.69, 9.17) is 0 Å². The van der Waals surface area contributed by atoms with Crippen molar-refractivity contribution < 1.29 is 4.79 Å². The molecule has 0 aliphatic rings. The van der Waals surface area contributed by atoms with Crippen LogP contribution in [0.2, 0.25) is 0 Å². The molecule has 0 unspecified atom stereocenters. The van der Waals surface area contributed by atoms with Crippen LogP contribution in [0, 0.1) is 0 Å². The van der Waals surface area contributed by atoms with E-state index in [0.29, 0.717) is 6.42 Å². The van der Waals surface area contributed by atoms with E-state index in [1.165, 1.54) is 0 Å². The highest BCUT2D eigenvalue weighted by molar-refractivity contribution is 5.93. The number of rotatable bonds is 3. The Morgan fingerprint density at radius 3 is 2.82 bits per heavy atom. The molecule has 2 nitrogen and oxygen atoms in total. The molecule has 1 aromatic carbocycles. The highest BCUT2D eigenvalue weighted by Gasteiger charge is 2.05. The molecule has 0 atom stereocenters. The second-order valence-corrected chi connectivity index (χ2v) is 4.08. The Labute approximate surface area is 101 Å². The first-order valence-corrected chi connectivity index (χ1v) is 5.70. The Bertz CT molecular complexity index is 584. The van der Waals surface area contributed by atoms with E-state index < -0.39 is 0 Å². The molecule has 1 aromatic heterocycles. The smallest absolute Gasteiger partial charge is 0.155 e. The fraction of sp³-hybridized carbons (Fsp3) is 0.200. The van der Waals surface area contributed by atoms with Crippen molar-refractivity contribution in [2.45, 2.75) is 20.3 Å². The van der Waals surface area contributed by atoms with Gasteiger partial charge in [-0.05, 0) is 37.1 Å². The number of allylic oxidation sites excluding steroid dienone is 2. The van der Waals surface area contributed by atoms with Crippen molar-refractivity contribution in [1.29, 1.82) is 0 Å². The van der Waals surface area contributed by atoms with Crippen molar-refractivity contribution in [1.82, 2.24) is 4.98 Å². The average molecular weight is 225 g/mol. The summed E-state index contributed by atoms with van der Waals surface area (Å²) in [6.45, 7) is 3.50. The molecule has 0 fully saturated rings. The van der Waals surface area contributed by atoms with Crippen LogP contribution >= 0.6 is 0 Å².